The van der Waals surface area contributed by atoms with Crippen LogP contribution in [0.15, 0.2) is 6.07 Å². The zero-order chi connectivity index (χ0) is 11.5. The van der Waals surface area contributed by atoms with Gasteiger partial charge in [0.2, 0.25) is 0 Å². The van der Waals surface area contributed by atoms with E-state index in [-0.39, 0.29) is 0 Å². The molecule has 3 nitrogen and oxygen atoms in total. The van der Waals surface area contributed by atoms with Crippen LogP contribution in [0.4, 0.5) is 0 Å². The summed E-state index contributed by atoms with van der Waals surface area (Å²) in [5.41, 5.74) is 3.44. The first kappa shape index (κ1) is 11.5. The van der Waals surface area contributed by atoms with Crippen molar-refractivity contribution in [3.8, 4) is 0 Å². The molecular formula is C13H21N3. The summed E-state index contributed by atoms with van der Waals surface area (Å²) in [5, 5.41) is 11.9. The number of nitrogens with one attached hydrogen (secondary N) is 1. The Morgan fingerprint density at radius 3 is 2.69 bits per heavy atom. The molecule has 1 aromatic rings. The molecule has 0 bridgehead atoms. The second-order valence-corrected chi connectivity index (χ2v) is 4.75. The predicted molar refractivity (Wildman–Crippen MR) is 65.3 cm³/mol. The molecule has 16 heavy (non-hydrogen) atoms. The lowest BCUT2D eigenvalue weighted by atomic mass is 9.77. The predicted octanol–water partition coefficient (Wildman–Crippen LogP) is 2.54. The van der Waals surface area contributed by atoms with E-state index in [2.05, 4.69) is 35.4 Å². The Labute approximate surface area is 97.7 Å². The minimum absolute atomic E-state index is 0.480. The Balaban J connectivity index is 2.25. The summed E-state index contributed by atoms with van der Waals surface area (Å²) in [6.07, 6.45) is 4.07. The first-order valence-electron chi connectivity index (χ1n) is 6.26. The summed E-state index contributed by atoms with van der Waals surface area (Å²) in [5.74, 6) is 0.794. The highest BCUT2D eigenvalue weighted by Gasteiger charge is 2.29. The van der Waals surface area contributed by atoms with Crippen LogP contribution in [0.5, 0.6) is 0 Å². The Morgan fingerprint density at radius 1 is 1.38 bits per heavy atom. The smallest absolute Gasteiger partial charge is 0.0648 e. The standard InChI is InChI=1S/C13H21N3/c1-4-14-13(11-6-5-7-11)12-8-9(2)15-16-10(12)3/h8,11,13-14H,4-7H2,1-3H3. The summed E-state index contributed by atoms with van der Waals surface area (Å²) in [6.45, 7) is 7.26. The van der Waals surface area contributed by atoms with Crippen molar-refractivity contribution in [3.63, 3.8) is 0 Å². The number of nitrogens with zero attached hydrogens (tertiary/aromatic N) is 2. The normalized spacial score (nSPS) is 18.2. The molecule has 0 spiro atoms. The Bertz CT molecular complexity index is 358. The van der Waals surface area contributed by atoms with Crippen LogP contribution in [-0.4, -0.2) is 16.7 Å². The van der Waals surface area contributed by atoms with E-state index in [9.17, 15) is 0 Å². The molecule has 0 aliphatic heterocycles. The lowest BCUT2D eigenvalue weighted by Crippen LogP contribution is -2.33. The summed E-state index contributed by atoms with van der Waals surface area (Å²) in [4.78, 5) is 0. The summed E-state index contributed by atoms with van der Waals surface area (Å²) in [7, 11) is 0. The van der Waals surface area contributed by atoms with Crippen molar-refractivity contribution in [2.45, 2.75) is 46.1 Å². The number of rotatable bonds is 4. The van der Waals surface area contributed by atoms with Crippen LogP contribution < -0.4 is 5.32 Å². The van der Waals surface area contributed by atoms with Crippen molar-refractivity contribution in [1.29, 1.82) is 0 Å². The van der Waals surface area contributed by atoms with Crippen molar-refractivity contribution >= 4 is 0 Å². The summed E-state index contributed by atoms with van der Waals surface area (Å²) in [6, 6.07) is 2.67. The van der Waals surface area contributed by atoms with Crippen molar-refractivity contribution in [2.24, 2.45) is 5.92 Å². The Morgan fingerprint density at radius 2 is 2.12 bits per heavy atom. The zero-order valence-corrected chi connectivity index (χ0v) is 10.5. The fourth-order valence-corrected chi connectivity index (χ4v) is 2.41. The fraction of sp³-hybridized carbons (Fsp3) is 0.692. The second kappa shape index (κ2) is 4.91. The third kappa shape index (κ3) is 2.24. The number of aryl methyl sites for hydroxylation is 2. The molecule has 3 heteroatoms. The number of hydrogen-bond acceptors (Lipinski definition) is 3. The van der Waals surface area contributed by atoms with Gasteiger partial charge in [0.25, 0.3) is 0 Å². The monoisotopic (exact) mass is 219 g/mol. The van der Waals surface area contributed by atoms with Gasteiger partial charge in [-0.2, -0.15) is 10.2 Å². The molecule has 0 amide bonds. The molecule has 1 fully saturated rings. The van der Waals surface area contributed by atoms with E-state index in [1.54, 1.807) is 0 Å². The quantitative estimate of drug-likeness (QED) is 0.845. The van der Waals surface area contributed by atoms with Crippen LogP contribution >= 0.6 is 0 Å². The molecule has 1 N–H and O–H groups in total. The second-order valence-electron chi connectivity index (χ2n) is 4.75. The average molecular weight is 219 g/mol. The first-order valence-corrected chi connectivity index (χ1v) is 6.26. The lowest BCUT2D eigenvalue weighted by Gasteiger charge is -2.35. The molecule has 0 aromatic carbocycles. The van der Waals surface area contributed by atoms with E-state index in [4.69, 9.17) is 0 Å². The summed E-state index contributed by atoms with van der Waals surface area (Å²) >= 11 is 0. The Hall–Kier alpha value is -0.960. The van der Waals surface area contributed by atoms with Gasteiger partial charge in [-0.15, -0.1) is 0 Å². The molecule has 2 rings (SSSR count). The van der Waals surface area contributed by atoms with Crippen molar-refractivity contribution in [1.82, 2.24) is 15.5 Å². The highest BCUT2D eigenvalue weighted by molar-refractivity contribution is 5.25. The maximum atomic E-state index is 4.23. The molecule has 1 heterocycles. The third-order valence-electron chi connectivity index (χ3n) is 3.52. The molecule has 1 saturated carbocycles. The van der Waals surface area contributed by atoms with Crippen LogP contribution in [0.3, 0.4) is 0 Å². The number of aromatic nitrogens is 2. The topological polar surface area (TPSA) is 37.8 Å². The van der Waals surface area contributed by atoms with E-state index < -0.39 is 0 Å². The van der Waals surface area contributed by atoms with Gasteiger partial charge in [-0.25, -0.2) is 0 Å². The van der Waals surface area contributed by atoms with E-state index in [1.165, 1.54) is 24.8 Å². The van der Waals surface area contributed by atoms with Crippen molar-refractivity contribution < 1.29 is 0 Å². The van der Waals surface area contributed by atoms with Gasteiger partial charge in [-0.1, -0.05) is 13.3 Å². The molecule has 1 atom stereocenters. The van der Waals surface area contributed by atoms with Gasteiger partial charge >= 0.3 is 0 Å². The molecule has 1 unspecified atom stereocenters. The minimum atomic E-state index is 0.480. The molecule has 0 radical (unpaired) electrons. The Kier molecular flexibility index (Phi) is 3.54. The van der Waals surface area contributed by atoms with E-state index in [0.29, 0.717) is 6.04 Å². The van der Waals surface area contributed by atoms with Crippen LogP contribution in [0, 0.1) is 19.8 Å². The van der Waals surface area contributed by atoms with Crippen molar-refractivity contribution in [2.75, 3.05) is 6.54 Å². The molecule has 1 aliphatic rings. The molecule has 0 saturated heterocycles. The van der Waals surface area contributed by atoms with Gasteiger partial charge in [-0.05, 0) is 50.8 Å². The van der Waals surface area contributed by atoms with Crippen LogP contribution in [0.2, 0.25) is 0 Å². The maximum Gasteiger partial charge on any atom is 0.0648 e. The highest BCUT2D eigenvalue weighted by Crippen LogP contribution is 2.38. The third-order valence-corrected chi connectivity index (χ3v) is 3.52. The fourth-order valence-electron chi connectivity index (χ4n) is 2.41. The van der Waals surface area contributed by atoms with Crippen LogP contribution in [-0.2, 0) is 0 Å². The highest BCUT2D eigenvalue weighted by atomic mass is 15.1. The number of hydrogen-bond donors (Lipinski definition) is 1. The van der Waals surface area contributed by atoms with Crippen molar-refractivity contribution in [3.05, 3.63) is 23.0 Å². The van der Waals surface area contributed by atoms with Gasteiger partial charge in [-0.3, -0.25) is 0 Å². The van der Waals surface area contributed by atoms with Crippen LogP contribution in [0.1, 0.15) is 49.2 Å². The zero-order valence-electron chi connectivity index (χ0n) is 10.5. The average Bonchev–Trinajstić information content (AvgIpc) is 2.18. The molecule has 1 aliphatic carbocycles. The van der Waals surface area contributed by atoms with Gasteiger partial charge < -0.3 is 5.32 Å². The van der Waals surface area contributed by atoms with Gasteiger partial charge in [0, 0.05) is 6.04 Å². The van der Waals surface area contributed by atoms with Gasteiger partial charge in [0.1, 0.15) is 0 Å². The van der Waals surface area contributed by atoms with Gasteiger partial charge in [0.15, 0.2) is 0 Å². The maximum absolute atomic E-state index is 4.23. The molecule has 1 aromatic heterocycles. The molecular weight excluding hydrogens is 198 g/mol. The van der Waals surface area contributed by atoms with E-state index >= 15 is 0 Å². The minimum Gasteiger partial charge on any atom is -0.310 e. The SMILES string of the molecule is CCNC(c1cc(C)nnc1C)C1CCC1. The van der Waals surface area contributed by atoms with Gasteiger partial charge in [0.05, 0.1) is 11.4 Å². The van der Waals surface area contributed by atoms with E-state index in [1.807, 2.05) is 6.92 Å². The summed E-state index contributed by atoms with van der Waals surface area (Å²) < 4.78 is 0. The largest absolute Gasteiger partial charge is 0.310 e. The van der Waals surface area contributed by atoms with Crippen LogP contribution in [0.25, 0.3) is 0 Å². The first-order chi connectivity index (χ1) is 7.72. The molecule has 88 valence electrons. The van der Waals surface area contributed by atoms with E-state index in [0.717, 1.165) is 23.9 Å². The lowest BCUT2D eigenvalue weighted by molar-refractivity contribution is 0.232.